The maximum atomic E-state index is 11.6. The van der Waals surface area contributed by atoms with Crippen LogP contribution >= 0.6 is 11.6 Å². The number of aromatic hydroxyl groups is 1. The van der Waals surface area contributed by atoms with Gasteiger partial charge in [-0.1, -0.05) is 35.9 Å². The SMILES string of the molecule is Cc1cccc(/C=N/NC(=O)COc2ccccc2Cl)c1O. The number of benzene rings is 2. The molecule has 114 valence electrons. The number of aryl methyl sites for hydroxylation is 1. The van der Waals surface area contributed by atoms with Gasteiger partial charge in [0.25, 0.3) is 5.91 Å². The molecule has 2 rings (SSSR count). The third-order valence-corrected chi connectivity index (χ3v) is 3.17. The number of hydrogen-bond acceptors (Lipinski definition) is 4. The fourth-order valence-corrected chi connectivity index (χ4v) is 1.89. The number of ether oxygens (including phenoxy) is 1. The van der Waals surface area contributed by atoms with Gasteiger partial charge in [0, 0.05) is 5.56 Å². The summed E-state index contributed by atoms with van der Waals surface area (Å²) in [5, 5.41) is 14.0. The number of hydrogen-bond donors (Lipinski definition) is 2. The van der Waals surface area contributed by atoms with Gasteiger partial charge in [-0.05, 0) is 30.7 Å². The van der Waals surface area contributed by atoms with Gasteiger partial charge in [0.15, 0.2) is 6.61 Å². The number of halogens is 1. The maximum absolute atomic E-state index is 11.6. The Labute approximate surface area is 133 Å². The zero-order chi connectivity index (χ0) is 15.9. The zero-order valence-corrected chi connectivity index (χ0v) is 12.7. The van der Waals surface area contributed by atoms with Crippen LogP contribution in [0.4, 0.5) is 0 Å². The van der Waals surface area contributed by atoms with Crippen molar-refractivity contribution in [1.29, 1.82) is 0 Å². The molecule has 6 heteroatoms. The van der Waals surface area contributed by atoms with E-state index in [-0.39, 0.29) is 12.4 Å². The molecule has 0 aromatic heterocycles. The standard InChI is InChI=1S/C16H15ClN2O3/c1-11-5-4-6-12(16(11)21)9-18-19-15(20)10-22-14-8-3-2-7-13(14)17/h2-9,21H,10H2,1H3,(H,19,20)/b18-9+. The Morgan fingerprint density at radius 1 is 1.32 bits per heavy atom. The molecule has 1 amide bonds. The molecule has 0 spiro atoms. The fraction of sp³-hybridized carbons (Fsp3) is 0.125. The molecule has 2 aromatic rings. The van der Waals surface area contributed by atoms with E-state index in [0.717, 1.165) is 5.56 Å². The number of rotatable bonds is 5. The molecule has 2 N–H and O–H groups in total. The van der Waals surface area contributed by atoms with Gasteiger partial charge in [-0.2, -0.15) is 5.10 Å². The molecule has 0 unspecified atom stereocenters. The van der Waals surface area contributed by atoms with E-state index < -0.39 is 5.91 Å². The van der Waals surface area contributed by atoms with E-state index >= 15 is 0 Å². The number of nitrogens with one attached hydrogen (secondary N) is 1. The summed E-state index contributed by atoms with van der Waals surface area (Å²) in [7, 11) is 0. The average Bonchev–Trinajstić information content (AvgIpc) is 2.51. The van der Waals surface area contributed by atoms with Crippen LogP contribution in [-0.4, -0.2) is 23.8 Å². The van der Waals surface area contributed by atoms with Gasteiger partial charge in [-0.25, -0.2) is 5.43 Å². The Hall–Kier alpha value is -2.53. The Morgan fingerprint density at radius 3 is 2.86 bits per heavy atom. The normalized spacial score (nSPS) is 10.6. The van der Waals surface area contributed by atoms with Gasteiger partial charge < -0.3 is 9.84 Å². The molecule has 0 saturated carbocycles. The summed E-state index contributed by atoms with van der Waals surface area (Å²) < 4.78 is 5.28. The van der Waals surface area contributed by atoms with Crippen LogP contribution in [0.3, 0.4) is 0 Å². The number of para-hydroxylation sites is 2. The third-order valence-electron chi connectivity index (χ3n) is 2.86. The number of hydrazone groups is 1. The molecule has 2 aromatic carbocycles. The molecule has 0 aliphatic rings. The number of phenolic OH excluding ortho intramolecular Hbond substituents is 1. The fourth-order valence-electron chi connectivity index (χ4n) is 1.70. The quantitative estimate of drug-likeness (QED) is 0.658. The zero-order valence-electron chi connectivity index (χ0n) is 11.9. The van der Waals surface area contributed by atoms with Crippen molar-refractivity contribution in [3.8, 4) is 11.5 Å². The second-order valence-electron chi connectivity index (χ2n) is 4.53. The highest BCUT2D eigenvalue weighted by atomic mass is 35.5. The Bertz CT molecular complexity index is 702. The molecule has 0 aliphatic carbocycles. The molecular weight excluding hydrogens is 304 g/mol. The molecule has 0 radical (unpaired) electrons. The summed E-state index contributed by atoms with van der Waals surface area (Å²) in [6.45, 7) is 1.57. The first kappa shape index (κ1) is 15.9. The van der Waals surface area contributed by atoms with Crippen molar-refractivity contribution >= 4 is 23.7 Å². The lowest BCUT2D eigenvalue weighted by molar-refractivity contribution is -0.123. The largest absolute Gasteiger partial charge is 0.507 e. The number of carbonyl (C=O) groups excluding carboxylic acids is 1. The second-order valence-corrected chi connectivity index (χ2v) is 4.93. The molecule has 0 atom stereocenters. The molecule has 22 heavy (non-hydrogen) atoms. The van der Waals surface area contributed by atoms with Crippen LogP contribution < -0.4 is 10.2 Å². The molecule has 0 bridgehead atoms. The van der Waals surface area contributed by atoms with Crippen LogP contribution in [0, 0.1) is 6.92 Å². The Morgan fingerprint density at radius 2 is 2.09 bits per heavy atom. The van der Waals surface area contributed by atoms with Gasteiger partial charge in [0.2, 0.25) is 0 Å². The van der Waals surface area contributed by atoms with Gasteiger partial charge >= 0.3 is 0 Å². The van der Waals surface area contributed by atoms with Gasteiger partial charge in [0.05, 0.1) is 11.2 Å². The van der Waals surface area contributed by atoms with Crippen LogP contribution in [0.1, 0.15) is 11.1 Å². The number of nitrogens with zero attached hydrogens (tertiary/aromatic N) is 1. The summed E-state index contributed by atoms with van der Waals surface area (Å²) in [4.78, 5) is 11.6. The molecule has 0 heterocycles. The predicted molar refractivity (Wildman–Crippen MR) is 85.5 cm³/mol. The molecule has 0 aliphatic heterocycles. The summed E-state index contributed by atoms with van der Waals surface area (Å²) in [6, 6.07) is 12.1. The minimum absolute atomic E-state index is 0.132. The topological polar surface area (TPSA) is 70.9 Å². The van der Waals surface area contributed by atoms with Crippen LogP contribution in [0.2, 0.25) is 5.02 Å². The van der Waals surface area contributed by atoms with Crippen molar-refractivity contribution in [1.82, 2.24) is 5.43 Å². The smallest absolute Gasteiger partial charge is 0.277 e. The number of amides is 1. The van der Waals surface area contributed by atoms with Crippen molar-refractivity contribution in [3.63, 3.8) is 0 Å². The predicted octanol–water partition coefficient (Wildman–Crippen LogP) is 2.88. The monoisotopic (exact) mass is 318 g/mol. The first-order valence-corrected chi connectivity index (χ1v) is 6.93. The van der Waals surface area contributed by atoms with Crippen LogP contribution in [0.15, 0.2) is 47.6 Å². The summed E-state index contributed by atoms with van der Waals surface area (Å²) in [6.07, 6.45) is 1.37. The van der Waals surface area contributed by atoms with Crippen LogP contribution in [0.25, 0.3) is 0 Å². The van der Waals surface area contributed by atoms with Crippen molar-refractivity contribution in [2.75, 3.05) is 6.61 Å². The lowest BCUT2D eigenvalue weighted by Gasteiger charge is -2.06. The first-order chi connectivity index (χ1) is 10.6. The molecule has 5 nitrogen and oxygen atoms in total. The summed E-state index contributed by atoms with van der Waals surface area (Å²) in [5.74, 6) is 0.135. The van der Waals surface area contributed by atoms with E-state index in [1.807, 2.05) is 0 Å². The molecule has 0 fully saturated rings. The minimum Gasteiger partial charge on any atom is -0.507 e. The minimum atomic E-state index is -0.427. The van der Waals surface area contributed by atoms with Gasteiger partial charge in [-0.3, -0.25) is 4.79 Å². The number of carbonyl (C=O) groups is 1. The molecule has 0 saturated heterocycles. The average molecular weight is 319 g/mol. The lowest BCUT2D eigenvalue weighted by atomic mass is 10.1. The van der Waals surface area contributed by atoms with Crippen LogP contribution in [0.5, 0.6) is 11.5 Å². The van der Waals surface area contributed by atoms with Crippen LogP contribution in [-0.2, 0) is 4.79 Å². The van der Waals surface area contributed by atoms with Crippen molar-refractivity contribution in [2.24, 2.45) is 5.10 Å². The van der Waals surface area contributed by atoms with E-state index in [1.165, 1.54) is 6.21 Å². The second kappa shape index (κ2) is 7.47. The van der Waals surface area contributed by atoms with E-state index in [1.54, 1.807) is 49.4 Å². The van der Waals surface area contributed by atoms with Crippen molar-refractivity contribution < 1.29 is 14.6 Å². The maximum Gasteiger partial charge on any atom is 0.277 e. The van der Waals surface area contributed by atoms with Crippen molar-refractivity contribution in [2.45, 2.75) is 6.92 Å². The highest BCUT2D eigenvalue weighted by Crippen LogP contribution is 2.22. The lowest BCUT2D eigenvalue weighted by Crippen LogP contribution is -2.24. The van der Waals surface area contributed by atoms with Gasteiger partial charge in [0.1, 0.15) is 11.5 Å². The Kier molecular flexibility index (Phi) is 5.38. The van der Waals surface area contributed by atoms with E-state index in [0.29, 0.717) is 16.3 Å². The van der Waals surface area contributed by atoms with Gasteiger partial charge in [-0.15, -0.1) is 0 Å². The van der Waals surface area contributed by atoms with Crippen molar-refractivity contribution in [3.05, 3.63) is 58.6 Å². The molecular formula is C16H15ClN2O3. The van der Waals surface area contributed by atoms with E-state index in [4.69, 9.17) is 16.3 Å². The Balaban J connectivity index is 1.86. The van der Waals surface area contributed by atoms with E-state index in [2.05, 4.69) is 10.5 Å². The highest BCUT2D eigenvalue weighted by Gasteiger charge is 2.05. The highest BCUT2D eigenvalue weighted by molar-refractivity contribution is 6.32. The summed E-state index contributed by atoms with van der Waals surface area (Å²) in [5.41, 5.74) is 3.57. The van der Waals surface area contributed by atoms with E-state index in [9.17, 15) is 9.90 Å². The first-order valence-electron chi connectivity index (χ1n) is 6.55. The number of phenols is 1. The third kappa shape index (κ3) is 4.23. The summed E-state index contributed by atoms with van der Waals surface area (Å²) >= 11 is 5.91.